The maximum Gasteiger partial charge on any atom is 0.309 e. The normalized spacial score (nSPS) is 21.3. The molecule has 1 amide bonds. The number of rotatable bonds is 5. The summed E-state index contributed by atoms with van der Waals surface area (Å²) in [5, 5.41) is 6.22. The number of alkyl halides is 2. The van der Waals surface area contributed by atoms with Crippen LogP contribution in [-0.4, -0.2) is 35.2 Å². The molecule has 1 saturated carbocycles. The van der Waals surface area contributed by atoms with Gasteiger partial charge in [-0.05, 0) is 6.42 Å². The van der Waals surface area contributed by atoms with Gasteiger partial charge in [0.25, 0.3) is 6.43 Å². The highest BCUT2D eigenvalue weighted by Crippen LogP contribution is 2.40. The number of methoxy groups -OCH3 is 1. The molecular formula is C11H13F2N3O3. The maximum atomic E-state index is 12.1. The van der Waals surface area contributed by atoms with Crippen molar-refractivity contribution in [1.82, 2.24) is 9.78 Å². The van der Waals surface area contributed by atoms with Crippen molar-refractivity contribution in [3.05, 3.63) is 12.4 Å². The third kappa shape index (κ3) is 3.27. The molecule has 1 aromatic rings. The third-order valence-electron chi connectivity index (χ3n) is 2.86. The largest absolute Gasteiger partial charge is 0.469 e. The lowest BCUT2D eigenvalue weighted by molar-refractivity contribution is -0.143. The Morgan fingerprint density at radius 3 is 2.95 bits per heavy atom. The number of anilines is 1. The van der Waals surface area contributed by atoms with E-state index in [-0.39, 0.29) is 5.91 Å². The third-order valence-corrected chi connectivity index (χ3v) is 2.86. The quantitative estimate of drug-likeness (QED) is 0.809. The van der Waals surface area contributed by atoms with E-state index in [0.717, 1.165) is 4.68 Å². The highest BCUT2D eigenvalue weighted by atomic mass is 19.3. The van der Waals surface area contributed by atoms with E-state index in [2.05, 4.69) is 15.2 Å². The van der Waals surface area contributed by atoms with Gasteiger partial charge in [0.2, 0.25) is 5.91 Å². The first-order chi connectivity index (χ1) is 9.01. The van der Waals surface area contributed by atoms with Crippen LogP contribution in [0.15, 0.2) is 12.4 Å². The van der Waals surface area contributed by atoms with Crippen LogP contribution in [0.4, 0.5) is 14.5 Å². The smallest absolute Gasteiger partial charge is 0.309 e. The Labute approximate surface area is 107 Å². The molecule has 8 heteroatoms. The molecule has 1 aliphatic rings. The second-order valence-electron chi connectivity index (χ2n) is 4.30. The molecule has 0 saturated heterocycles. The van der Waals surface area contributed by atoms with Gasteiger partial charge in [-0.1, -0.05) is 0 Å². The van der Waals surface area contributed by atoms with Gasteiger partial charge in [0.1, 0.15) is 6.54 Å². The number of ether oxygens (including phenoxy) is 1. The number of nitrogens with zero attached hydrogens (tertiary/aromatic N) is 2. The second kappa shape index (κ2) is 5.33. The van der Waals surface area contributed by atoms with Crippen molar-refractivity contribution in [3.63, 3.8) is 0 Å². The molecule has 2 atom stereocenters. The summed E-state index contributed by atoms with van der Waals surface area (Å²) < 4.78 is 29.8. The molecule has 0 bridgehead atoms. The molecule has 1 N–H and O–H groups in total. The summed E-state index contributed by atoms with van der Waals surface area (Å²) >= 11 is 0. The number of hydrogen-bond donors (Lipinski definition) is 1. The molecule has 19 heavy (non-hydrogen) atoms. The predicted molar refractivity (Wildman–Crippen MR) is 60.5 cm³/mol. The van der Waals surface area contributed by atoms with Gasteiger partial charge in [-0.3, -0.25) is 14.3 Å². The minimum Gasteiger partial charge on any atom is -0.469 e. The summed E-state index contributed by atoms with van der Waals surface area (Å²) in [5.74, 6) is -1.55. The summed E-state index contributed by atoms with van der Waals surface area (Å²) in [5.41, 5.74) is 0.334. The highest BCUT2D eigenvalue weighted by molar-refractivity contribution is 5.98. The van der Waals surface area contributed by atoms with Crippen molar-refractivity contribution in [2.24, 2.45) is 11.8 Å². The summed E-state index contributed by atoms with van der Waals surface area (Å²) in [6, 6.07) is 0. The molecule has 1 heterocycles. The Morgan fingerprint density at radius 2 is 2.32 bits per heavy atom. The van der Waals surface area contributed by atoms with E-state index in [1.54, 1.807) is 0 Å². The number of aromatic nitrogens is 2. The number of hydrogen-bond acceptors (Lipinski definition) is 4. The van der Waals surface area contributed by atoms with E-state index in [1.165, 1.54) is 19.5 Å². The molecular weight excluding hydrogens is 260 g/mol. The monoisotopic (exact) mass is 273 g/mol. The van der Waals surface area contributed by atoms with Crippen LogP contribution in [0.25, 0.3) is 0 Å². The van der Waals surface area contributed by atoms with Crippen LogP contribution in [-0.2, 0) is 20.9 Å². The standard InChI is InChI=1S/C11H13F2N3O3/c1-19-11(18)8-2-7(8)10(17)15-6-3-14-16(4-6)5-9(12)13/h3-4,7-9H,2,5H2,1H3,(H,15,17)/t7-,8-/m0/s1. The number of amides is 1. The van der Waals surface area contributed by atoms with Crippen molar-refractivity contribution in [2.75, 3.05) is 12.4 Å². The zero-order valence-corrected chi connectivity index (χ0v) is 10.2. The Morgan fingerprint density at radius 1 is 1.58 bits per heavy atom. The molecule has 104 valence electrons. The van der Waals surface area contributed by atoms with Crippen LogP contribution in [0, 0.1) is 11.8 Å². The van der Waals surface area contributed by atoms with Gasteiger partial charge in [0.15, 0.2) is 0 Å². The average molecular weight is 273 g/mol. The molecule has 2 rings (SSSR count). The van der Waals surface area contributed by atoms with Gasteiger partial charge in [-0.25, -0.2) is 8.78 Å². The summed E-state index contributed by atoms with van der Waals surface area (Å²) in [4.78, 5) is 22.9. The number of carbonyl (C=O) groups excluding carboxylic acids is 2. The van der Waals surface area contributed by atoms with E-state index >= 15 is 0 Å². The van der Waals surface area contributed by atoms with Crippen molar-refractivity contribution in [2.45, 2.75) is 19.4 Å². The van der Waals surface area contributed by atoms with Crippen LogP contribution in [0.3, 0.4) is 0 Å². The van der Waals surface area contributed by atoms with E-state index in [4.69, 9.17) is 0 Å². The second-order valence-corrected chi connectivity index (χ2v) is 4.30. The fraction of sp³-hybridized carbons (Fsp3) is 0.545. The van der Waals surface area contributed by atoms with Crippen LogP contribution >= 0.6 is 0 Å². The number of carbonyl (C=O) groups is 2. The molecule has 0 spiro atoms. The molecule has 0 aromatic carbocycles. The molecule has 1 fully saturated rings. The van der Waals surface area contributed by atoms with Gasteiger partial charge in [0, 0.05) is 6.20 Å². The highest BCUT2D eigenvalue weighted by Gasteiger charge is 2.49. The van der Waals surface area contributed by atoms with Gasteiger partial charge in [-0.15, -0.1) is 0 Å². The first-order valence-corrected chi connectivity index (χ1v) is 5.70. The lowest BCUT2D eigenvalue weighted by atomic mass is 10.3. The van der Waals surface area contributed by atoms with E-state index in [1.807, 2.05) is 0 Å². The zero-order valence-electron chi connectivity index (χ0n) is 10.2. The number of halogens is 2. The maximum absolute atomic E-state index is 12.1. The van der Waals surface area contributed by atoms with Crippen LogP contribution < -0.4 is 5.32 Å². The van der Waals surface area contributed by atoms with Crippen molar-refractivity contribution >= 4 is 17.6 Å². The minimum absolute atomic E-state index is 0.327. The topological polar surface area (TPSA) is 73.2 Å². The van der Waals surface area contributed by atoms with Crippen LogP contribution in [0.5, 0.6) is 0 Å². The van der Waals surface area contributed by atoms with Crippen molar-refractivity contribution in [1.29, 1.82) is 0 Å². The molecule has 0 aliphatic heterocycles. The van der Waals surface area contributed by atoms with Crippen LogP contribution in [0.2, 0.25) is 0 Å². The summed E-state index contributed by atoms with van der Waals surface area (Å²) in [7, 11) is 1.27. The van der Waals surface area contributed by atoms with Crippen molar-refractivity contribution < 1.29 is 23.1 Å². The van der Waals surface area contributed by atoms with Gasteiger partial charge in [0.05, 0.1) is 30.8 Å². The molecule has 1 aliphatic carbocycles. The Bertz CT molecular complexity index is 489. The zero-order chi connectivity index (χ0) is 14.0. The predicted octanol–water partition coefficient (Wildman–Crippen LogP) is 0.896. The number of esters is 1. The lowest BCUT2D eigenvalue weighted by Crippen LogP contribution is -2.17. The summed E-state index contributed by atoms with van der Waals surface area (Å²) in [6.07, 6.45) is 0.551. The fourth-order valence-corrected chi connectivity index (χ4v) is 1.80. The Hall–Kier alpha value is -1.99. The first kappa shape index (κ1) is 13.4. The first-order valence-electron chi connectivity index (χ1n) is 5.70. The summed E-state index contributed by atoms with van der Waals surface area (Å²) in [6.45, 7) is -0.524. The molecule has 0 unspecified atom stereocenters. The van der Waals surface area contributed by atoms with Crippen molar-refractivity contribution in [3.8, 4) is 0 Å². The molecule has 0 radical (unpaired) electrons. The fourth-order valence-electron chi connectivity index (χ4n) is 1.80. The van der Waals surface area contributed by atoms with Gasteiger partial charge in [-0.2, -0.15) is 5.10 Å². The van der Waals surface area contributed by atoms with Gasteiger partial charge >= 0.3 is 5.97 Å². The molecule has 1 aromatic heterocycles. The Kier molecular flexibility index (Phi) is 3.77. The lowest BCUT2D eigenvalue weighted by Gasteiger charge is -2.01. The van der Waals surface area contributed by atoms with E-state index < -0.39 is 30.8 Å². The average Bonchev–Trinajstić information content (AvgIpc) is 3.05. The Balaban J connectivity index is 1.86. The van der Waals surface area contributed by atoms with E-state index in [9.17, 15) is 18.4 Å². The SMILES string of the molecule is COC(=O)[C@H]1C[C@@H]1C(=O)Nc1cnn(CC(F)F)c1. The van der Waals surface area contributed by atoms with Crippen LogP contribution in [0.1, 0.15) is 6.42 Å². The van der Waals surface area contributed by atoms with Gasteiger partial charge < -0.3 is 10.1 Å². The number of nitrogens with one attached hydrogen (secondary N) is 1. The molecule has 6 nitrogen and oxygen atoms in total. The minimum atomic E-state index is -2.50. The van der Waals surface area contributed by atoms with E-state index in [0.29, 0.717) is 12.1 Å².